The first-order chi connectivity index (χ1) is 8.00. The van der Waals surface area contributed by atoms with Crippen LogP contribution in [0.15, 0.2) is 29.2 Å². The van der Waals surface area contributed by atoms with Crippen LogP contribution in [0.5, 0.6) is 0 Å². The largest absolute Gasteiger partial charge is 0.242 e. The van der Waals surface area contributed by atoms with E-state index in [1.807, 2.05) is 12.1 Å². The van der Waals surface area contributed by atoms with Gasteiger partial charge < -0.3 is 0 Å². The standard InChI is InChI=1S/C13H21NO2S/c1-4-5-6-9-12-10-7-8-11-13(12)17(15,16)14(2)3/h7-8,10-11H,4-6,9H2,1-3H3. The molecule has 0 amide bonds. The molecule has 1 aromatic rings. The van der Waals surface area contributed by atoms with Crippen molar-refractivity contribution in [3.05, 3.63) is 29.8 Å². The van der Waals surface area contributed by atoms with Crippen LogP contribution in [-0.4, -0.2) is 26.8 Å². The number of aryl methyl sites for hydroxylation is 1. The van der Waals surface area contributed by atoms with Crippen molar-refractivity contribution in [1.82, 2.24) is 4.31 Å². The Kier molecular flexibility index (Phi) is 5.15. The Hall–Kier alpha value is -0.870. The van der Waals surface area contributed by atoms with Crippen molar-refractivity contribution >= 4 is 10.0 Å². The van der Waals surface area contributed by atoms with E-state index >= 15 is 0 Å². The minimum atomic E-state index is -3.31. The molecular formula is C13H21NO2S. The van der Waals surface area contributed by atoms with E-state index in [4.69, 9.17) is 0 Å². The third-order valence-corrected chi connectivity index (χ3v) is 4.70. The average molecular weight is 255 g/mol. The fourth-order valence-electron chi connectivity index (χ4n) is 1.72. The van der Waals surface area contributed by atoms with Crippen LogP contribution in [0.25, 0.3) is 0 Å². The van der Waals surface area contributed by atoms with Gasteiger partial charge in [-0.3, -0.25) is 0 Å². The molecule has 0 bridgehead atoms. The highest BCUT2D eigenvalue weighted by atomic mass is 32.2. The van der Waals surface area contributed by atoms with E-state index in [-0.39, 0.29) is 0 Å². The molecule has 0 radical (unpaired) electrons. The minimum absolute atomic E-state index is 0.445. The van der Waals surface area contributed by atoms with Crippen LogP contribution >= 0.6 is 0 Å². The van der Waals surface area contributed by atoms with Gasteiger partial charge in [0.05, 0.1) is 4.90 Å². The normalized spacial score (nSPS) is 12.0. The Morgan fingerprint density at radius 1 is 1.12 bits per heavy atom. The lowest BCUT2D eigenvalue weighted by Crippen LogP contribution is -2.23. The van der Waals surface area contributed by atoms with Gasteiger partial charge in [-0.1, -0.05) is 38.0 Å². The molecular weight excluding hydrogens is 234 g/mol. The maximum absolute atomic E-state index is 12.1. The number of nitrogens with zero attached hydrogens (tertiary/aromatic N) is 1. The fourth-order valence-corrected chi connectivity index (χ4v) is 2.87. The predicted octanol–water partition coefficient (Wildman–Crippen LogP) is 2.67. The van der Waals surface area contributed by atoms with E-state index in [0.29, 0.717) is 4.90 Å². The first-order valence-electron chi connectivity index (χ1n) is 6.00. The molecule has 3 nitrogen and oxygen atoms in total. The summed E-state index contributed by atoms with van der Waals surface area (Å²) in [6.45, 7) is 2.14. The molecule has 0 aliphatic heterocycles. The topological polar surface area (TPSA) is 37.4 Å². The van der Waals surface area contributed by atoms with Gasteiger partial charge in [-0.15, -0.1) is 0 Å². The van der Waals surface area contributed by atoms with E-state index in [1.165, 1.54) is 4.31 Å². The Bertz CT molecular complexity index is 452. The highest BCUT2D eigenvalue weighted by Gasteiger charge is 2.19. The van der Waals surface area contributed by atoms with Crippen LogP contribution in [0, 0.1) is 0 Å². The first-order valence-corrected chi connectivity index (χ1v) is 7.44. The van der Waals surface area contributed by atoms with Crippen LogP contribution in [0.3, 0.4) is 0 Å². The molecule has 0 atom stereocenters. The highest BCUT2D eigenvalue weighted by Crippen LogP contribution is 2.20. The average Bonchev–Trinajstić information content (AvgIpc) is 2.29. The summed E-state index contributed by atoms with van der Waals surface area (Å²) in [5.74, 6) is 0. The zero-order valence-electron chi connectivity index (χ0n) is 10.8. The Balaban J connectivity index is 3.00. The molecule has 0 aliphatic rings. The summed E-state index contributed by atoms with van der Waals surface area (Å²) in [7, 11) is -0.176. The zero-order chi connectivity index (χ0) is 12.9. The molecule has 4 heteroatoms. The maximum atomic E-state index is 12.1. The molecule has 0 saturated heterocycles. The lowest BCUT2D eigenvalue weighted by Gasteiger charge is -2.14. The number of unbranched alkanes of at least 4 members (excludes halogenated alkanes) is 2. The van der Waals surface area contributed by atoms with Gasteiger partial charge in [-0.25, -0.2) is 12.7 Å². The molecule has 0 saturated carbocycles. The smallest absolute Gasteiger partial charge is 0.207 e. The van der Waals surface area contributed by atoms with Gasteiger partial charge in [0.15, 0.2) is 0 Å². The quantitative estimate of drug-likeness (QED) is 0.733. The molecule has 0 aromatic heterocycles. The van der Waals surface area contributed by atoms with E-state index in [1.54, 1.807) is 26.2 Å². The van der Waals surface area contributed by atoms with Gasteiger partial charge in [0.25, 0.3) is 0 Å². The van der Waals surface area contributed by atoms with Crippen LogP contribution in [0.2, 0.25) is 0 Å². The van der Waals surface area contributed by atoms with Crippen molar-refractivity contribution in [2.75, 3.05) is 14.1 Å². The van der Waals surface area contributed by atoms with Gasteiger partial charge in [0.1, 0.15) is 0 Å². The molecule has 0 aliphatic carbocycles. The Morgan fingerprint density at radius 3 is 2.35 bits per heavy atom. The maximum Gasteiger partial charge on any atom is 0.242 e. The molecule has 1 aromatic carbocycles. The number of hydrogen-bond donors (Lipinski definition) is 0. The highest BCUT2D eigenvalue weighted by molar-refractivity contribution is 7.89. The van der Waals surface area contributed by atoms with E-state index < -0.39 is 10.0 Å². The molecule has 0 unspecified atom stereocenters. The molecule has 1 rings (SSSR count). The Morgan fingerprint density at radius 2 is 1.76 bits per heavy atom. The van der Waals surface area contributed by atoms with Crippen molar-refractivity contribution in [2.24, 2.45) is 0 Å². The van der Waals surface area contributed by atoms with E-state index in [9.17, 15) is 8.42 Å². The second-order valence-corrected chi connectivity index (χ2v) is 6.47. The Labute approximate surface area is 105 Å². The van der Waals surface area contributed by atoms with Crippen molar-refractivity contribution in [1.29, 1.82) is 0 Å². The zero-order valence-corrected chi connectivity index (χ0v) is 11.6. The minimum Gasteiger partial charge on any atom is -0.207 e. The van der Waals surface area contributed by atoms with Gasteiger partial charge >= 0.3 is 0 Å². The third kappa shape index (κ3) is 3.54. The van der Waals surface area contributed by atoms with E-state index in [0.717, 1.165) is 31.2 Å². The lowest BCUT2D eigenvalue weighted by molar-refractivity contribution is 0.519. The summed E-state index contributed by atoms with van der Waals surface area (Å²) in [6, 6.07) is 7.28. The second-order valence-electron chi connectivity index (χ2n) is 4.35. The molecule has 17 heavy (non-hydrogen) atoms. The van der Waals surface area contributed by atoms with Gasteiger partial charge in [0, 0.05) is 14.1 Å². The SMILES string of the molecule is CCCCCc1ccccc1S(=O)(=O)N(C)C. The summed E-state index contributed by atoms with van der Waals surface area (Å²) in [4.78, 5) is 0.445. The van der Waals surface area contributed by atoms with Crippen molar-refractivity contribution in [2.45, 2.75) is 37.5 Å². The van der Waals surface area contributed by atoms with Crippen LogP contribution in [-0.2, 0) is 16.4 Å². The van der Waals surface area contributed by atoms with Crippen LogP contribution < -0.4 is 0 Å². The first kappa shape index (κ1) is 14.2. The molecule has 0 heterocycles. The summed E-state index contributed by atoms with van der Waals surface area (Å²) >= 11 is 0. The number of sulfonamides is 1. The molecule has 0 N–H and O–H groups in total. The van der Waals surface area contributed by atoms with Gasteiger partial charge in [-0.05, 0) is 24.5 Å². The molecule has 0 spiro atoms. The van der Waals surface area contributed by atoms with Gasteiger partial charge in [-0.2, -0.15) is 0 Å². The monoisotopic (exact) mass is 255 g/mol. The molecule has 96 valence electrons. The molecule has 0 fully saturated rings. The summed E-state index contributed by atoms with van der Waals surface area (Å²) < 4.78 is 25.5. The van der Waals surface area contributed by atoms with E-state index in [2.05, 4.69) is 6.92 Å². The second kappa shape index (κ2) is 6.17. The number of benzene rings is 1. The van der Waals surface area contributed by atoms with Gasteiger partial charge in [0.2, 0.25) is 10.0 Å². The van der Waals surface area contributed by atoms with Crippen molar-refractivity contribution in [3.8, 4) is 0 Å². The third-order valence-electron chi connectivity index (χ3n) is 2.78. The number of rotatable bonds is 6. The van der Waals surface area contributed by atoms with Crippen molar-refractivity contribution < 1.29 is 8.42 Å². The predicted molar refractivity (Wildman–Crippen MR) is 70.5 cm³/mol. The lowest BCUT2D eigenvalue weighted by atomic mass is 10.1. The summed E-state index contributed by atoms with van der Waals surface area (Å²) in [5, 5.41) is 0. The summed E-state index contributed by atoms with van der Waals surface area (Å²) in [5.41, 5.74) is 0.926. The van der Waals surface area contributed by atoms with Crippen LogP contribution in [0.1, 0.15) is 31.7 Å². The number of hydrogen-bond acceptors (Lipinski definition) is 2. The van der Waals surface area contributed by atoms with Crippen molar-refractivity contribution in [3.63, 3.8) is 0 Å². The van der Waals surface area contributed by atoms with Crippen LogP contribution in [0.4, 0.5) is 0 Å². The fraction of sp³-hybridized carbons (Fsp3) is 0.538. The summed E-state index contributed by atoms with van der Waals surface area (Å²) in [6.07, 6.45) is 4.15.